The van der Waals surface area contributed by atoms with Crippen molar-refractivity contribution in [3.8, 4) is 5.75 Å². The Balaban J connectivity index is 2.76. The molecule has 4 nitrogen and oxygen atoms in total. The number of aromatic hydroxyl groups is 1. The van der Waals surface area contributed by atoms with Gasteiger partial charge in [0.2, 0.25) is 0 Å². The smallest absolute Gasteiger partial charge is 0.342 e. The molecule has 0 amide bonds. The lowest BCUT2D eigenvalue weighted by atomic mass is 10.1. The topological polar surface area (TPSA) is 72.5 Å². The van der Waals surface area contributed by atoms with Crippen molar-refractivity contribution in [2.45, 2.75) is 32.8 Å². The third-order valence-corrected chi connectivity index (χ3v) is 2.24. The minimum Gasteiger partial charge on any atom is -0.507 e. The third kappa shape index (κ3) is 3.15. The lowest BCUT2D eigenvalue weighted by Crippen LogP contribution is -2.15. The van der Waals surface area contributed by atoms with Crippen LogP contribution in [0, 0.1) is 0 Å². The SMILES string of the molecule is CCCC(C)OC(=O)c1cc(N)ccc1O. The van der Waals surface area contributed by atoms with Crippen molar-refractivity contribution in [2.75, 3.05) is 5.73 Å². The van der Waals surface area contributed by atoms with E-state index in [1.165, 1.54) is 18.2 Å². The molecule has 0 radical (unpaired) electrons. The van der Waals surface area contributed by atoms with E-state index in [1.54, 1.807) is 0 Å². The number of esters is 1. The summed E-state index contributed by atoms with van der Waals surface area (Å²) in [5.41, 5.74) is 6.07. The first-order chi connectivity index (χ1) is 7.54. The normalized spacial score (nSPS) is 12.1. The molecule has 0 bridgehead atoms. The highest BCUT2D eigenvalue weighted by molar-refractivity contribution is 5.93. The van der Waals surface area contributed by atoms with Crippen LogP contribution >= 0.6 is 0 Å². The first-order valence-electron chi connectivity index (χ1n) is 5.34. The Morgan fingerprint density at radius 3 is 2.88 bits per heavy atom. The summed E-state index contributed by atoms with van der Waals surface area (Å²) in [4.78, 5) is 11.7. The van der Waals surface area contributed by atoms with Crippen molar-refractivity contribution in [2.24, 2.45) is 0 Å². The minimum absolute atomic E-state index is 0.108. The number of nitrogens with two attached hydrogens (primary N) is 1. The predicted molar refractivity (Wildman–Crippen MR) is 62.3 cm³/mol. The molecule has 0 aliphatic heterocycles. The lowest BCUT2D eigenvalue weighted by molar-refractivity contribution is 0.0320. The molecule has 0 fully saturated rings. The van der Waals surface area contributed by atoms with E-state index in [0.717, 1.165) is 12.8 Å². The molecule has 1 unspecified atom stereocenters. The van der Waals surface area contributed by atoms with Crippen molar-refractivity contribution < 1.29 is 14.6 Å². The Kier molecular flexibility index (Phi) is 4.17. The standard InChI is InChI=1S/C12H17NO3/c1-3-4-8(2)16-12(15)10-7-9(13)5-6-11(10)14/h5-8,14H,3-4,13H2,1-2H3. The fraction of sp³-hybridized carbons (Fsp3) is 0.417. The van der Waals surface area contributed by atoms with Crippen LogP contribution in [-0.4, -0.2) is 17.2 Å². The number of nitrogen functional groups attached to an aromatic ring is 1. The zero-order valence-corrected chi connectivity index (χ0v) is 9.56. The molecule has 1 rings (SSSR count). The van der Waals surface area contributed by atoms with Gasteiger partial charge in [-0.25, -0.2) is 4.79 Å². The second-order valence-electron chi connectivity index (χ2n) is 3.78. The molecule has 0 spiro atoms. The fourth-order valence-electron chi connectivity index (χ4n) is 1.43. The van der Waals surface area contributed by atoms with E-state index in [-0.39, 0.29) is 17.4 Å². The third-order valence-electron chi connectivity index (χ3n) is 2.24. The summed E-state index contributed by atoms with van der Waals surface area (Å²) in [6, 6.07) is 4.33. The summed E-state index contributed by atoms with van der Waals surface area (Å²) < 4.78 is 5.16. The van der Waals surface area contributed by atoms with Gasteiger partial charge in [-0.3, -0.25) is 0 Å². The average Bonchev–Trinajstić information content (AvgIpc) is 2.21. The molecule has 1 aromatic carbocycles. The van der Waals surface area contributed by atoms with E-state index < -0.39 is 5.97 Å². The summed E-state index contributed by atoms with van der Waals surface area (Å²) in [5, 5.41) is 9.49. The molecule has 1 aromatic rings. The summed E-state index contributed by atoms with van der Waals surface area (Å²) in [6.07, 6.45) is 1.59. The van der Waals surface area contributed by atoms with Crippen molar-refractivity contribution >= 4 is 11.7 Å². The maximum atomic E-state index is 11.7. The van der Waals surface area contributed by atoms with Gasteiger partial charge in [-0.15, -0.1) is 0 Å². The van der Waals surface area contributed by atoms with Crippen LogP contribution in [-0.2, 0) is 4.74 Å². The molecule has 3 N–H and O–H groups in total. The Bertz CT molecular complexity index is 377. The molecular formula is C12H17NO3. The van der Waals surface area contributed by atoms with E-state index in [4.69, 9.17) is 10.5 Å². The van der Waals surface area contributed by atoms with E-state index in [1.807, 2.05) is 13.8 Å². The van der Waals surface area contributed by atoms with Gasteiger partial charge >= 0.3 is 5.97 Å². The molecule has 88 valence electrons. The second kappa shape index (κ2) is 5.39. The minimum atomic E-state index is -0.536. The molecule has 0 saturated carbocycles. The van der Waals surface area contributed by atoms with Crippen molar-refractivity contribution in [1.29, 1.82) is 0 Å². The quantitative estimate of drug-likeness (QED) is 0.466. The first-order valence-corrected chi connectivity index (χ1v) is 5.34. The van der Waals surface area contributed by atoms with Crippen LogP contribution in [0.15, 0.2) is 18.2 Å². The highest BCUT2D eigenvalue weighted by Crippen LogP contribution is 2.21. The van der Waals surface area contributed by atoms with Crippen molar-refractivity contribution in [3.05, 3.63) is 23.8 Å². The maximum Gasteiger partial charge on any atom is 0.342 e. The maximum absolute atomic E-state index is 11.7. The Morgan fingerprint density at radius 1 is 1.56 bits per heavy atom. The predicted octanol–water partition coefficient (Wildman–Crippen LogP) is 2.32. The highest BCUT2D eigenvalue weighted by Gasteiger charge is 2.15. The molecule has 0 aliphatic carbocycles. The number of phenolic OH excluding ortho intramolecular Hbond substituents is 1. The van der Waals surface area contributed by atoms with Crippen molar-refractivity contribution in [1.82, 2.24) is 0 Å². The number of anilines is 1. The summed E-state index contributed by atoms with van der Waals surface area (Å²) in [5.74, 6) is -0.645. The van der Waals surface area contributed by atoms with Gasteiger partial charge in [-0.2, -0.15) is 0 Å². The highest BCUT2D eigenvalue weighted by atomic mass is 16.5. The number of benzene rings is 1. The summed E-state index contributed by atoms with van der Waals surface area (Å²) in [7, 11) is 0. The Labute approximate surface area is 95.0 Å². The second-order valence-corrected chi connectivity index (χ2v) is 3.78. The number of carbonyl (C=O) groups excluding carboxylic acids is 1. The fourth-order valence-corrected chi connectivity index (χ4v) is 1.43. The van der Waals surface area contributed by atoms with Crippen molar-refractivity contribution in [3.63, 3.8) is 0 Å². The average molecular weight is 223 g/mol. The van der Waals surface area contributed by atoms with Crippen LogP contribution in [0.25, 0.3) is 0 Å². The number of rotatable bonds is 4. The zero-order valence-electron chi connectivity index (χ0n) is 9.56. The van der Waals surface area contributed by atoms with Crippen LogP contribution in [0.5, 0.6) is 5.75 Å². The van der Waals surface area contributed by atoms with E-state index in [0.29, 0.717) is 5.69 Å². The van der Waals surface area contributed by atoms with Gasteiger partial charge < -0.3 is 15.6 Å². The Morgan fingerprint density at radius 2 is 2.25 bits per heavy atom. The molecular weight excluding hydrogens is 206 g/mol. The van der Waals surface area contributed by atoms with E-state index in [2.05, 4.69) is 0 Å². The number of ether oxygens (including phenoxy) is 1. The van der Waals surface area contributed by atoms with Gasteiger partial charge in [0.1, 0.15) is 11.3 Å². The van der Waals surface area contributed by atoms with E-state index in [9.17, 15) is 9.90 Å². The van der Waals surface area contributed by atoms with Crippen LogP contribution in [0.2, 0.25) is 0 Å². The lowest BCUT2D eigenvalue weighted by Gasteiger charge is -2.12. The van der Waals surface area contributed by atoms with Crippen LogP contribution in [0.3, 0.4) is 0 Å². The molecule has 0 saturated heterocycles. The van der Waals surface area contributed by atoms with Gasteiger partial charge in [0.15, 0.2) is 0 Å². The molecule has 0 aromatic heterocycles. The monoisotopic (exact) mass is 223 g/mol. The van der Waals surface area contributed by atoms with Crippen LogP contribution in [0.1, 0.15) is 37.0 Å². The summed E-state index contributed by atoms with van der Waals surface area (Å²) in [6.45, 7) is 3.84. The molecule has 4 heteroatoms. The van der Waals surface area contributed by atoms with Gasteiger partial charge in [-0.05, 0) is 31.5 Å². The molecule has 16 heavy (non-hydrogen) atoms. The number of hydrogen-bond donors (Lipinski definition) is 2. The van der Waals surface area contributed by atoms with Gasteiger partial charge in [0.25, 0.3) is 0 Å². The number of carbonyl (C=O) groups is 1. The molecule has 0 heterocycles. The largest absolute Gasteiger partial charge is 0.507 e. The summed E-state index contributed by atoms with van der Waals surface area (Å²) >= 11 is 0. The molecule has 1 atom stereocenters. The van der Waals surface area contributed by atoms with Crippen LogP contribution in [0.4, 0.5) is 5.69 Å². The Hall–Kier alpha value is -1.71. The molecule has 0 aliphatic rings. The van der Waals surface area contributed by atoms with Gasteiger partial charge in [0.05, 0.1) is 6.10 Å². The zero-order chi connectivity index (χ0) is 12.1. The van der Waals surface area contributed by atoms with Gasteiger partial charge in [0, 0.05) is 5.69 Å². The van der Waals surface area contributed by atoms with Gasteiger partial charge in [-0.1, -0.05) is 13.3 Å². The van der Waals surface area contributed by atoms with E-state index >= 15 is 0 Å². The van der Waals surface area contributed by atoms with Crippen LogP contribution < -0.4 is 5.73 Å². The number of hydrogen-bond acceptors (Lipinski definition) is 4. The number of phenols is 1. The first kappa shape index (κ1) is 12.4.